The summed E-state index contributed by atoms with van der Waals surface area (Å²) in [6, 6.07) is 7.22. The van der Waals surface area contributed by atoms with Crippen molar-refractivity contribution in [2.75, 3.05) is 14.2 Å². The Kier molecular flexibility index (Phi) is 5.08. The monoisotopic (exact) mass is 373 g/mol. The van der Waals surface area contributed by atoms with Crippen molar-refractivity contribution in [2.45, 2.75) is 6.04 Å². The summed E-state index contributed by atoms with van der Waals surface area (Å²) in [4.78, 5) is 0. The van der Waals surface area contributed by atoms with E-state index in [4.69, 9.17) is 26.8 Å². The molecule has 2 rings (SSSR count). The van der Waals surface area contributed by atoms with E-state index in [2.05, 4.69) is 15.9 Å². The van der Waals surface area contributed by atoms with Gasteiger partial charge in [-0.05, 0) is 23.8 Å². The maximum absolute atomic E-state index is 14.0. The molecule has 0 bridgehead atoms. The Bertz CT molecular complexity index is 646. The summed E-state index contributed by atoms with van der Waals surface area (Å²) in [5.74, 6) is 0.577. The Balaban J connectivity index is 2.56. The zero-order chi connectivity index (χ0) is 15.6. The molecule has 112 valence electrons. The molecule has 0 aliphatic heterocycles. The van der Waals surface area contributed by atoms with Gasteiger partial charge in [-0.1, -0.05) is 33.6 Å². The number of hydrogen-bond donors (Lipinski definition) is 1. The molecule has 2 aromatic rings. The van der Waals surface area contributed by atoms with Crippen LogP contribution in [0.2, 0.25) is 5.02 Å². The lowest BCUT2D eigenvalue weighted by Crippen LogP contribution is -2.15. The molecule has 0 spiro atoms. The summed E-state index contributed by atoms with van der Waals surface area (Å²) >= 11 is 9.55. The van der Waals surface area contributed by atoms with E-state index in [1.165, 1.54) is 20.3 Å². The molecule has 0 radical (unpaired) electrons. The quantitative estimate of drug-likeness (QED) is 0.867. The number of methoxy groups -OCH3 is 2. The molecule has 3 nitrogen and oxygen atoms in total. The van der Waals surface area contributed by atoms with E-state index in [9.17, 15) is 4.39 Å². The van der Waals surface area contributed by atoms with Crippen LogP contribution in [0.25, 0.3) is 0 Å². The Hall–Kier alpha value is -1.30. The molecule has 1 atom stereocenters. The number of nitrogens with two attached hydrogens (primary N) is 1. The van der Waals surface area contributed by atoms with E-state index in [1.807, 2.05) is 0 Å². The van der Waals surface area contributed by atoms with Crippen molar-refractivity contribution in [2.24, 2.45) is 5.73 Å². The molecule has 0 saturated heterocycles. The van der Waals surface area contributed by atoms with Crippen LogP contribution in [0.1, 0.15) is 17.2 Å². The molecular formula is C15H14BrClFNO2. The average Bonchev–Trinajstić information content (AvgIpc) is 2.46. The summed E-state index contributed by atoms with van der Waals surface area (Å²) in [5, 5.41) is 0.385. The summed E-state index contributed by atoms with van der Waals surface area (Å²) < 4.78 is 25.0. The fourth-order valence-electron chi connectivity index (χ4n) is 2.07. The van der Waals surface area contributed by atoms with Crippen molar-refractivity contribution in [3.8, 4) is 11.5 Å². The maximum atomic E-state index is 14.0. The minimum absolute atomic E-state index is 0.339. The molecule has 0 saturated carbocycles. The van der Waals surface area contributed by atoms with E-state index in [0.717, 1.165) is 0 Å². The van der Waals surface area contributed by atoms with Crippen LogP contribution in [0.4, 0.5) is 4.39 Å². The zero-order valence-electron chi connectivity index (χ0n) is 11.5. The molecule has 0 fully saturated rings. The van der Waals surface area contributed by atoms with Gasteiger partial charge in [0.15, 0.2) is 11.5 Å². The third kappa shape index (κ3) is 3.15. The largest absolute Gasteiger partial charge is 0.493 e. The highest BCUT2D eigenvalue weighted by Crippen LogP contribution is 2.38. The van der Waals surface area contributed by atoms with Gasteiger partial charge in [0.1, 0.15) is 5.82 Å². The lowest BCUT2D eigenvalue weighted by atomic mass is 9.98. The predicted octanol–water partition coefficient (Wildman–Crippen LogP) is 4.31. The third-order valence-corrected chi connectivity index (χ3v) is 4.17. The average molecular weight is 375 g/mol. The van der Waals surface area contributed by atoms with E-state index < -0.39 is 11.9 Å². The number of hydrogen-bond acceptors (Lipinski definition) is 3. The third-order valence-electron chi connectivity index (χ3n) is 3.15. The van der Waals surface area contributed by atoms with E-state index in [0.29, 0.717) is 32.1 Å². The Labute approximate surface area is 135 Å². The lowest BCUT2D eigenvalue weighted by Gasteiger charge is -2.18. The van der Waals surface area contributed by atoms with Crippen LogP contribution in [0.5, 0.6) is 11.5 Å². The second-order valence-corrected chi connectivity index (χ2v) is 5.60. The molecule has 0 aliphatic rings. The first-order valence-electron chi connectivity index (χ1n) is 6.10. The van der Waals surface area contributed by atoms with Gasteiger partial charge in [0.25, 0.3) is 0 Å². The fraction of sp³-hybridized carbons (Fsp3) is 0.200. The van der Waals surface area contributed by atoms with Crippen LogP contribution in [-0.4, -0.2) is 14.2 Å². The SMILES string of the molecule is COc1cc(Cl)c(C(N)c2c(F)cccc2Br)cc1OC. The van der Waals surface area contributed by atoms with Gasteiger partial charge in [-0.15, -0.1) is 0 Å². The molecular weight excluding hydrogens is 361 g/mol. The molecule has 2 N–H and O–H groups in total. The van der Waals surface area contributed by atoms with Crippen molar-refractivity contribution in [3.05, 3.63) is 56.8 Å². The van der Waals surface area contributed by atoms with Gasteiger partial charge in [0, 0.05) is 21.1 Å². The van der Waals surface area contributed by atoms with E-state index in [1.54, 1.807) is 24.3 Å². The second kappa shape index (κ2) is 6.64. The van der Waals surface area contributed by atoms with Gasteiger partial charge in [0.05, 0.1) is 20.3 Å². The fourth-order valence-corrected chi connectivity index (χ4v) is 2.93. The highest BCUT2D eigenvalue weighted by Gasteiger charge is 2.21. The number of rotatable bonds is 4. The number of ether oxygens (including phenoxy) is 2. The topological polar surface area (TPSA) is 44.5 Å². The molecule has 6 heteroatoms. The van der Waals surface area contributed by atoms with Crippen molar-refractivity contribution < 1.29 is 13.9 Å². The number of halogens is 3. The Morgan fingerprint density at radius 3 is 2.38 bits per heavy atom. The molecule has 2 aromatic carbocycles. The van der Waals surface area contributed by atoms with Crippen molar-refractivity contribution in [1.29, 1.82) is 0 Å². The lowest BCUT2D eigenvalue weighted by molar-refractivity contribution is 0.354. The first kappa shape index (κ1) is 16.1. The van der Waals surface area contributed by atoms with Crippen molar-refractivity contribution in [1.82, 2.24) is 0 Å². The standard InChI is InChI=1S/C15H14BrClFNO2/c1-20-12-6-8(10(17)7-13(12)21-2)15(19)14-9(16)4-3-5-11(14)18/h3-7,15H,19H2,1-2H3. The first-order chi connectivity index (χ1) is 9.99. The van der Waals surface area contributed by atoms with Crippen LogP contribution >= 0.6 is 27.5 Å². The van der Waals surface area contributed by atoms with Crippen LogP contribution in [0, 0.1) is 5.82 Å². The first-order valence-corrected chi connectivity index (χ1v) is 7.27. The van der Waals surface area contributed by atoms with Gasteiger partial charge < -0.3 is 15.2 Å². The molecule has 0 amide bonds. The Morgan fingerprint density at radius 2 is 1.81 bits per heavy atom. The normalized spacial score (nSPS) is 12.1. The molecule has 0 aliphatic carbocycles. The maximum Gasteiger partial charge on any atom is 0.162 e. The molecule has 21 heavy (non-hydrogen) atoms. The summed E-state index contributed by atoms with van der Waals surface area (Å²) in [6.07, 6.45) is 0. The molecule has 0 aromatic heterocycles. The Morgan fingerprint density at radius 1 is 1.19 bits per heavy atom. The minimum Gasteiger partial charge on any atom is -0.493 e. The molecule has 0 heterocycles. The second-order valence-electron chi connectivity index (χ2n) is 4.34. The smallest absolute Gasteiger partial charge is 0.162 e. The van der Waals surface area contributed by atoms with Crippen molar-refractivity contribution in [3.63, 3.8) is 0 Å². The van der Waals surface area contributed by atoms with Gasteiger partial charge in [-0.3, -0.25) is 0 Å². The van der Waals surface area contributed by atoms with Gasteiger partial charge in [0.2, 0.25) is 0 Å². The van der Waals surface area contributed by atoms with Crippen LogP contribution < -0.4 is 15.2 Å². The van der Waals surface area contributed by atoms with E-state index >= 15 is 0 Å². The predicted molar refractivity (Wildman–Crippen MR) is 84.7 cm³/mol. The molecule has 1 unspecified atom stereocenters. The van der Waals surface area contributed by atoms with Gasteiger partial charge in [-0.2, -0.15) is 0 Å². The highest BCUT2D eigenvalue weighted by atomic mass is 79.9. The minimum atomic E-state index is -0.729. The number of benzene rings is 2. The van der Waals surface area contributed by atoms with E-state index in [-0.39, 0.29) is 0 Å². The van der Waals surface area contributed by atoms with Crippen LogP contribution in [-0.2, 0) is 0 Å². The van der Waals surface area contributed by atoms with Gasteiger partial charge in [-0.25, -0.2) is 4.39 Å². The summed E-state index contributed by atoms with van der Waals surface area (Å²) in [5.41, 5.74) is 7.08. The van der Waals surface area contributed by atoms with Crippen LogP contribution in [0.3, 0.4) is 0 Å². The van der Waals surface area contributed by atoms with Crippen LogP contribution in [0.15, 0.2) is 34.8 Å². The zero-order valence-corrected chi connectivity index (χ0v) is 13.8. The van der Waals surface area contributed by atoms with Gasteiger partial charge >= 0.3 is 0 Å². The summed E-state index contributed by atoms with van der Waals surface area (Å²) in [7, 11) is 3.03. The van der Waals surface area contributed by atoms with Crippen molar-refractivity contribution >= 4 is 27.5 Å². The highest BCUT2D eigenvalue weighted by molar-refractivity contribution is 9.10. The summed E-state index contributed by atoms with van der Waals surface area (Å²) in [6.45, 7) is 0.